The molecule has 0 amide bonds. The van der Waals surface area contributed by atoms with Gasteiger partial charge in [-0.2, -0.15) is 0 Å². The number of rotatable bonds is 6. The minimum absolute atomic E-state index is 0.254. The molecule has 5 nitrogen and oxygen atoms in total. The highest BCUT2D eigenvalue weighted by atomic mass is 16.5. The Kier molecular flexibility index (Phi) is 6.70. The molecule has 0 spiro atoms. The second kappa shape index (κ2) is 9.20. The van der Waals surface area contributed by atoms with Crippen LogP contribution in [0.1, 0.15) is 38.2 Å². The normalized spacial score (nSPS) is 25.4. The molecule has 2 saturated heterocycles. The lowest BCUT2D eigenvalue weighted by molar-refractivity contribution is -0.0453. The molecule has 5 heteroatoms. The van der Waals surface area contributed by atoms with E-state index in [1.54, 1.807) is 0 Å². The van der Waals surface area contributed by atoms with E-state index < -0.39 is 0 Å². The summed E-state index contributed by atoms with van der Waals surface area (Å²) in [6.45, 7) is 9.93. The Morgan fingerprint density at radius 3 is 2.96 bits per heavy atom. The molecule has 2 fully saturated rings. The van der Waals surface area contributed by atoms with Crippen molar-refractivity contribution in [2.45, 2.75) is 44.8 Å². The molecular weight excluding hydrogens is 312 g/mol. The van der Waals surface area contributed by atoms with Crippen molar-refractivity contribution in [1.82, 2.24) is 15.5 Å². The number of benzene rings is 1. The molecule has 2 heterocycles. The van der Waals surface area contributed by atoms with Gasteiger partial charge in [0.1, 0.15) is 0 Å². The first-order valence-corrected chi connectivity index (χ1v) is 9.69. The van der Waals surface area contributed by atoms with E-state index in [4.69, 9.17) is 9.73 Å². The summed E-state index contributed by atoms with van der Waals surface area (Å²) in [6, 6.07) is 11.2. The van der Waals surface area contributed by atoms with Crippen molar-refractivity contribution in [3.63, 3.8) is 0 Å². The first kappa shape index (κ1) is 18.2. The van der Waals surface area contributed by atoms with Crippen molar-refractivity contribution in [3.05, 3.63) is 35.9 Å². The number of nitrogens with one attached hydrogen (secondary N) is 2. The van der Waals surface area contributed by atoms with Gasteiger partial charge in [0.25, 0.3) is 0 Å². The van der Waals surface area contributed by atoms with E-state index >= 15 is 0 Å². The van der Waals surface area contributed by atoms with Crippen molar-refractivity contribution >= 4 is 5.96 Å². The van der Waals surface area contributed by atoms with Crippen LogP contribution in [-0.2, 0) is 4.74 Å². The van der Waals surface area contributed by atoms with Crippen LogP contribution in [0.15, 0.2) is 35.3 Å². The maximum absolute atomic E-state index is 6.03. The Morgan fingerprint density at radius 1 is 1.32 bits per heavy atom. The average molecular weight is 345 g/mol. The topological polar surface area (TPSA) is 48.9 Å². The van der Waals surface area contributed by atoms with Crippen LogP contribution in [0.4, 0.5) is 0 Å². The van der Waals surface area contributed by atoms with Gasteiger partial charge in [0.05, 0.1) is 12.7 Å². The Morgan fingerprint density at radius 2 is 2.16 bits per heavy atom. The molecule has 0 aliphatic carbocycles. The molecule has 138 valence electrons. The van der Waals surface area contributed by atoms with Crippen LogP contribution in [0.2, 0.25) is 0 Å². The van der Waals surface area contributed by atoms with Gasteiger partial charge in [-0.3, -0.25) is 9.89 Å². The zero-order valence-electron chi connectivity index (χ0n) is 15.6. The van der Waals surface area contributed by atoms with E-state index in [0.29, 0.717) is 12.0 Å². The Labute approximate surface area is 151 Å². The first-order valence-electron chi connectivity index (χ1n) is 9.69. The van der Waals surface area contributed by atoms with Crippen LogP contribution in [0.25, 0.3) is 0 Å². The summed E-state index contributed by atoms with van der Waals surface area (Å²) in [4.78, 5) is 7.35. The SMILES string of the molecule is CCNC(=NCC(C)c1ccccc1)NCC1CN2CCCC2CO1. The molecule has 0 aromatic heterocycles. The number of aliphatic imine (C=N–C) groups is 1. The lowest BCUT2D eigenvalue weighted by Crippen LogP contribution is -2.51. The number of fused-ring (bicyclic) bond motifs is 1. The van der Waals surface area contributed by atoms with Crippen molar-refractivity contribution in [1.29, 1.82) is 0 Å². The first-order chi connectivity index (χ1) is 12.3. The summed E-state index contributed by atoms with van der Waals surface area (Å²) in [5.74, 6) is 1.30. The average Bonchev–Trinajstić information content (AvgIpc) is 3.12. The monoisotopic (exact) mass is 344 g/mol. The molecule has 3 rings (SSSR count). The van der Waals surface area contributed by atoms with E-state index in [1.165, 1.54) is 24.9 Å². The summed E-state index contributed by atoms with van der Waals surface area (Å²) >= 11 is 0. The van der Waals surface area contributed by atoms with E-state index in [1.807, 2.05) is 0 Å². The quantitative estimate of drug-likeness (QED) is 0.614. The fourth-order valence-corrected chi connectivity index (χ4v) is 3.68. The summed E-state index contributed by atoms with van der Waals surface area (Å²) in [5.41, 5.74) is 1.33. The van der Waals surface area contributed by atoms with Crippen LogP contribution in [0.5, 0.6) is 0 Å². The molecule has 0 bridgehead atoms. The van der Waals surface area contributed by atoms with Crippen LogP contribution in [-0.4, -0.2) is 62.3 Å². The van der Waals surface area contributed by atoms with Gasteiger partial charge in [0.2, 0.25) is 0 Å². The van der Waals surface area contributed by atoms with Crippen molar-refractivity contribution < 1.29 is 4.74 Å². The molecule has 2 aliphatic heterocycles. The summed E-state index contributed by atoms with van der Waals surface area (Å²) < 4.78 is 6.03. The number of hydrogen-bond acceptors (Lipinski definition) is 3. The summed E-state index contributed by atoms with van der Waals surface area (Å²) in [6.07, 6.45) is 2.86. The lowest BCUT2D eigenvalue weighted by atomic mass is 10.0. The van der Waals surface area contributed by atoms with Gasteiger partial charge < -0.3 is 15.4 Å². The van der Waals surface area contributed by atoms with E-state index in [9.17, 15) is 0 Å². The second-order valence-corrected chi connectivity index (χ2v) is 7.16. The zero-order chi connectivity index (χ0) is 17.5. The van der Waals surface area contributed by atoms with Crippen molar-refractivity contribution in [3.8, 4) is 0 Å². The predicted molar refractivity (Wildman–Crippen MR) is 103 cm³/mol. The highest BCUT2D eigenvalue weighted by Gasteiger charge is 2.32. The number of guanidine groups is 1. The van der Waals surface area contributed by atoms with Crippen LogP contribution < -0.4 is 10.6 Å². The maximum Gasteiger partial charge on any atom is 0.191 e. The molecule has 0 saturated carbocycles. The third-order valence-electron chi connectivity index (χ3n) is 5.19. The maximum atomic E-state index is 6.03. The van der Waals surface area contributed by atoms with Gasteiger partial charge in [-0.15, -0.1) is 0 Å². The zero-order valence-corrected chi connectivity index (χ0v) is 15.6. The second-order valence-electron chi connectivity index (χ2n) is 7.16. The fraction of sp³-hybridized carbons (Fsp3) is 0.650. The van der Waals surface area contributed by atoms with Crippen molar-refractivity contribution in [2.24, 2.45) is 4.99 Å². The number of morpholine rings is 1. The highest BCUT2D eigenvalue weighted by molar-refractivity contribution is 5.79. The van der Waals surface area contributed by atoms with Crippen molar-refractivity contribution in [2.75, 3.05) is 39.3 Å². The van der Waals surface area contributed by atoms with Gasteiger partial charge >= 0.3 is 0 Å². The number of ether oxygens (including phenoxy) is 1. The minimum atomic E-state index is 0.254. The van der Waals surface area contributed by atoms with E-state index in [0.717, 1.165) is 38.7 Å². The molecule has 2 aliphatic rings. The highest BCUT2D eigenvalue weighted by Crippen LogP contribution is 2.22. The molecule has 2 N–H and O–H groups in total. The largest absolute Gasteiger partial charge is 0.373 e. The van der Waals surface area contributed by atoms with E-state index in [2.05, 4.69) is 59.7 Å². The Hall–Kier alpha value is -1.59. The molecule has 0 radical (unpaired) electrons. The number of nitrogens with zero attached hydrogens (tertiary/aromatic N) is 2. The molecule has 25 heavy (non-hydrogen) atoms. The third kappa shape index (κ3) is 5.19. The summed E-state index contributed by atoms with van der Waals surface area (Å²) in [5, 5.41) is 6.81. The van der Waals surface area contributed by atoms with Crippen LogP contribution >= 0.6 is 0 Å². The van der Waals surface area contributed by atoms with Gasteiger partial charge in [-0.25, -0.2) is 0 Å². The molecular formula is C20H32N4O. The molecule has 1 aromatic rings. The van der Waals surface area contributed by atoms with Crippen LogP contribution in [0, 0.1) is 0 Å². The minimum Gasteiger partial charge on any atom is -0.373 e. The predicted octanol–water partition coefficient (Wildman–Crippen LogP) is 2.21. The van der Waals surface area contributed by atoms with E-state index in [-0.39, 0.29) is 6.10 Å². The van der Waals surface area contributed by atoms with Gasteiger partial charge in [-0.1, -0.05) is 37.3 Å². The summed E-state index contributed by atoms with van der Waals surface area (Å²) in [7, 11) is 0. The van der Waals surface area contributed by atoms with Gasteiger partial charge in [-0.05, 0) is 31.9 Å². The smallest absolute Gasteiger partial charge is 0.191 e. The fourth-order valence-electron chi connectivity index (χ4n) is 3.68. The Balaban J connectivity index is 1.48. The molecule has 1 aromatic carbocycles. The van der Waals surface area contributed by atoms with Gasteiger partial charge in [0, 0.05) is 38.1 Å². The van der Waals surface area contributed by atoms with Crippen LogP contribution in [0.3, 0.4) is 0 Å². The lowest BCUT2D eigenvalue weighted by Gasteiger charge is -2.35. The standard InChI is InChI=1S/C20H32N4O/c1-3-21-20(22-12-16(2)17-8-5-4-6-9-17)23-13-19-14-24-11-7-10-18(24)15-25-19/h4-6,8-9,16,18-19H,3,7,10-15H2,1-2H3,(H2,21,22,23). The van der Waals surface area contributed by atoms with Gasteiger partial charge in [0.15, 0.2) is 5.96 Å². The molecule has 3 unspecified atom stereocenters. The Bertz CT molecular complexity index is 548. The number of hydrogen-bond donors (Lipinski definition) is 2. The third-order valence-corrected chi connectivity index (χ3v) is 5.19. The molecule has 3 atom stereocenters.